The Morgan fingerprint density at radius 3 is 2.64 bits per heavy atom. The molecule has 1 N–H and O–H groups in total. The monoisotopic (exact) mass is 481 g/mol. The molecule has 12 heteroatoms. The van der Waals surface area contributed by atoms with E-state index in [1.165, 1.54) is 26.4 Å². The Hall–Kier alpha value is -3.38. The van der Waals surface area contributed by atoms with Gasteiger partial charge in [-0.25, -0.2) is 9.78 Å². The number of carbonyl (C=O) groups is 2. The number of H-pyrrole nitrogens is 1. The van der Waals surface area contributed by atoms with Gasteiger partial charge in [-0.15, -0.1) is 11.3 Å². The second kappa shape index (κ2) is 10.5. The van der Waals surface area contributed by atoms with E-state index >= 15 is 0 Å². The first-order valence-electron chi connectivity index (χ1n) is 9.63. The number of benzene rings is 1. The van der Waals surface area contributed by atoms with Crippen LogP contribution < -0.4 is 10.3 Å². The van der Waals surface area contributed by atoms with Crippen LogP contribution in [-0.2, 0) is 33.8 Å². The summed E-state index contributed by atoms with van der Waals surface area (Å²) in [6, 6.07) is 6.30. The normalized spacial score (nSPS) is 11.2. The van der Waals surface area contributed by atoms with Crippen LogP contribution in [0.2, 0.25) is 0 Å². The fourth-order valence-corrected chi connectivity index (χ4v) is 4.40. The Bertz CT molecular complexity index is 1230. The number of rotatable bonds is 9. The van der Waals surface area contributed by atoms with E-state index in [2.05, 4.69) is 19.4 Å². The number of hydrogen-bond donors (Lipinski definition) is 1. The van der Waals surface area contributed by atoms with E-state index in [1.807, 2.05) is 4.90 Å². The number of aromatic nitrogens is 2. The van der Waals surface area contributed by atoms with Crippen molar-refractivity contribution in [3.8, 4) is 5.75 Å². The van der Waals surface area contributed by atoms with Crippen LogP contribution in [0.5, 0.6) is 5.75 Å². The molecule has 1 aromatic carbocycles. The lowest BCUT2D eigenvalue weighted by atomic mass is 10.1. The summed E-state index contributed by atoms with van der Waals surface area (Å²) < 4.78 is 38.7. The van der Waals surface area contributed by atoms with Gasteiger partial charge in [0.15, 0.2) is 0 Å². The van der Waals surface area contributed by atoms with Crippen LogP contribution in [0.1, 0.15) is 26.6 Å². The van der Waals surface area contributed by atoms with Gasteiger partial charge in [-0.3, -0.25) is 14.5 Å². The van der Waals surface area contributed by atoms with Crippen LogP contribution in [-0.4, -0.2) is 54.7 Å². The topological polar surface area (TPSA) is 111 Å². The number of esters is 2. The van der Waals surface area contributed by atoms with Crippen molar-refractivity contribution in [2.24, 2.45) is 0 Å². The zero-order chi connectivity index (χ0) is 24.1. The molecule has 2 heterocycles. The maximum Gasteiger partial charge on any atom is 0.387 e. The summed E-state index contributed by atoms with van der Waals surface area (Å²) in [5.74, 6) is -0.907. The summed E-state index contributed by atoms with van der Waals surface area (Å²) in [7, 11) is 4.18. The second-order valence-electron chi connectivity index (χ2n) is 7.05. The molecular weight excluding hydrogens is 460 g/mol. The predicted molar refractivity (Wildman–Crippen MR) is 116 cm³/mol. The number of halogens is 2. The molecule has 3 rings (SSSR count). The minimum atomic E-state index is -2.91. The van der Waals surface area contributed by atoms with Crippen molar-refractivity contribution in [1.29, 1.82) is 0 Å². The molecule has 176 valence electrons. The largest absolute Gasteiger partial charge is 0.469 e. The van der Waals surface area contributed by atoms with Gasteiger partial charge in [0.1, 0.15) is 21.3 Å². The van der Waals surface area contributed by atoms with Gasteiger partial charge >= 0.3 is 18.6 Å². The molecule has 0 saturated carbocycles. The number of ether oxygens (including phenoxy) is 3. The van der Waals surface area contributed by atoms with Gasteiger partial charge in [-0.1, -0.05) is 12.1 Å². The maximum atomic E-state index is 12.8. The highest BCUT2D eigenvalue weighted by molar-refractivity contribution is 7.20. The number of thiophene rings is 1. The van der Waals surface area contributed by atoms with E-state index in [0.717, 1.165) is 16.9 Å². The summed E-state index contributed by atoms with van der Waals surface area (Å²) in [6.45, 7) is -2.32. The number of fused-ring (bicyclic) bond motifs is 1. The minimum Gasteiger partial charge on any atom is -0.469 e. The molecule has 0 fully saturated rings. The minimum absolute atomic E-state index is 0.0518. The van der Waals surface area contributed by atoms with Crippen molar-refractivity contribution >= 4 is 33.5 Å². The van der Waals surface area contributed by atoms with E-state index in [-0.39, 0.29) is 39.4 Å². The van der Waals surface area contributed by atoms with Gasteiger partial charge < -0.3 is 19.2 Å². The highest BCUT2D eigenvalue weighted by atomic mass is 32.1. The number of aromatic amines is 1. The highest BCUT2D eigenvalue weighted by Gasteiger charge is 2.25. The maximum absolute atomic E-state index is 12.8. The van der Waals surface area contributed by atoms with E-state index in [9.17, 15) is 23.2 Å². The number of methoxy groups -OCH3 is 2. The molecule has 0 atom stereocenters. The fraction of sp³-hybridized carbons (Fsp3) is 0.333. The standard InChI is InChI=1S/C21H21F2N3O6S/c1-26(9-11-5-4-6-12(7-11)32-21(22)23)10-14-24-18(28)16-13(8-15(27)30-2)17(20(29)31-3)33-19(16)25-14/h4-7,21H,8-10H2,1-3H3,(H,24,25,28). The van der Waals surface area contributed by atoms with Crippen LogP contribution in [0.3, 0.4) is 0 Å². The number of alkyl halides is 2. The molecule has 0 bridgehead atoms. The van der Waals surface area contributed by atoms with Gasteiger partial charge in [-0.05, 0) is 24.7 Å². The number of hydrogen-bond acceptors (Lipinski definition) is 9. The molecule has 2 aromatic heterocycles. The first kappa shape index (κ1) is 24.3. The molecule has 0 saturated heterocycles. The molecule has 0 unspecified atom stereocenters. The van der Waals surface area contributed by atoms with Gasteiger partial charge in [0.05, 0.1) is 32.6 Å². The Morgan fingerprint density at radius 2 is 1.97 bits per heavy atom. The zero-order valence-electron chi connectivity index (χ0n) is 18.0. The van der Waals surface area contributed by atoms with Gasteiger partial charge in [0, 0.05) is 12.1 Å². The molecule has 0 amide bonds. The summed E-state index contributed by atoms with van der Waals surface area (Å²) >= 11 is 0.957. The molecule has 0 radical (unpaired) electrons. The van der Waals surface area contributed by atoms with Gasteiger partial charge in [0.2, 0.25) is 0 Å². The Kier molecular flexibility index (Phi) is 7.71. The van der Waals surface area contributed by atoms with Gasteiger partial charge in [0.25, 0.3) is 5.56 Å². The van der Waals surface area contributed by atoms with Crippen molar-refractivity contribution in [1.82, 2.24) is 14.9 Å². The Labute approximate surface area is 190 Å². The summed E-state index contributed by atoms with van der Waals surface area (Å²) in [6.07, 6.45) is -0.276. The van der Waals surface area contributed by atoms with E-state index < -0.39 is 24.1 Å². The van der Waals surface area contributed by atoms with Crippen molar-refractivity contribution in [2.45, 2.75) is 26.1 Å². The summed E-state index contributed by atoms with van der Waals surface area (Å²) in [4.78, 5) is 46.1. The van der Waals surface area contributed by atoms with Crippen molar-refractivity contribution < 1.29 is 32.6 Å². The van der Waals surface area contributed by atoms with Crippen LogP contribution in [0.4, 0.5) is 8.78 Å². The summed E-state index contributed by atoms with van der Waals surface area (Å²) in [5, 5.41) is 0.133. The quantitative estimate of drug-likeness (QED) is 0.465. The highest BCUT2D eigenvalue weighted by Crippen LogP contribution is 2.29. The van der Waals surface area contributed by atoms with Crippen LogP contribution in [0.25, 0.3) is 10.2 Å². The Morgan fingerprint density at radius 1 is 1.21 bits per heavy atom. The van der Waals surface area contributed by atoms with Gasteiger partial charge in [-0.2, -0.15) is 8.78 Å². The third-order valence-electron chi connectivity index (χ3n) is 4.63. The lowest BCUT2D eigenvalue weighted by Crippen LogP contribution is -2.22. The van der Waals surface area contributed by atoms with Crippen molar-refractivity contribution in [3.05, 3.63) is 56.4 Å². The predicted octanol–water partition coefficient (Wildman–Crippen LogP) is 2.72. The molecule has 0 aliphatic rings. The zero-order valence-corrected chi connectivity index (χ0v) is 18.8. The lowest BCUT2D eigenvalue weighted by Gasteiger charge is -2.16. The Balaban J connectivity index is 1.86. The molecule has 9 nitrogen and oxygen atoms in total. The molecule has 33 heavy (non-hydrogen) atoms. The first-order valence-corrected chi connectivity index (χ1v) is 10.5. The average molecular weight is 481 g/mol. The van der Waals surface area contributed by atoms with E-state index in [0.29, 0.717) is 12.4 Å². The molecule has 0 spiro atoms. The number of nitrogens with zero attached hydrogens (tertiary/aromatic N) is 2. The SMILES string of the molecule is COC(=O)Cc1c(C(=O)OC)sc2nc(CN(C)Cc3cccc(OC(F)F)c3)[nH]c(=O)c12. The molecule has 0 aliphatic heterocycles. The number of carbonyl (C=O) groups excluding carboxylic acids is 2. The van der Waals surface area contributed by atoms with Crippen LogP contribution in [0, 0.1) is 0 Å². The molecular formula is C21H21F2N3O6S. The third-order valence-corrected chi connectivity index (χ3v) is 5.73. The molecule has 0 aliphatic carbocycles. The van der Waals surface area contributed by atoms with E-state index in [1.54, 1.807) is 19.2 Å². The molecule has 3 aromatic rings. The number of nitrogens with one attached hydrogen (secondary N) is 1. The lowest BCUT2D eigenvalue weighted by molar-refractivity contribution is -0.139. The third kappa shape index (κ3) is 5.90. The smallest absolute Gasteiger partial charge is 0.387 e. The average Bonchev–Trinajstić information content (AvgIpc) is 3.11. The second-order valence-corrected chi connectivity index (χ2v) is 8.04. The fourth-order valence-electron chi connectivity index (χ4n) is 3.27. The van der Waals surface area contributed by atoms with Crippen LogP contribution >= 0.6 is 11.3 Å². The van der Waals surface area contributed by atoms with E-state index in [4.69, 9.17) is 4.74 Å². The first-order chi connectivity index (χ1) is 15.7. The van der Waals surface area contributed by atoms with Crippen molar-refractivity contribution in [2.75, 3.05) is 21.3 Å². The van der Waals surface area contributed by atoms with Crippen LogP contribution in [0.15, 0.2) is 29.1 Å². The summed E-state index contributed by atoms with van der Waals surface area (Å²) in [5.41, 5.74) is 0.433. The van der Waals surface area contributed by atoms with Crippen molar-refractivity contribution in [3.63, 3.8) is 0 Å².